The number of halogens is 2. The molecule has 0 unspecified atom stereocenters. The number of rotatable bonds is 5. The van der Waals surface area contributed by atoms with E-state index in [1.807, 2.05) is 26.0 Å². The van der Waals surface area contributed by atoms with Crippen molar-refractivity contribution in [3.8, 4) is 0 Å². The van der Waals surface area contributed by atoms with Crippen molar-refractivity contribution < 1.29 is 13.2 Å². The van der Waals surface area contributed by atoms with Gasteiger partial charge >= 0.3 is 0 Å². The lowest BCUT2D eigenvalue weighted by atomic mass is 10.1. The third-order valence-corrected chi connectivity index (χ3v) is 5.42. The van der Waals surface area contributed by atoms with Crippen molar-refractivity contribution in [3.63, 3.8) is 0 Å². The highest BCUT2D eigenvalue weighted by molar-refractivity contribution is 7.89. The van der Waals surface area contributed by atoms with E-state index in [1.54, 1.807) is 6.07 Å². The number of amides is 1. The zero-order chi connectivity index (χ0) is 17.9. The number of carbonyl (C=O) groups excluding carboxylic acids is 1. The van der Waals surface area contributed by atoms with Gasteiger partial charge in [-0.3, -0.25) is 4.79 Å². The number of hydrogen-bond donors (Lipinski definition) is 2. The smallest absolute Gasteiger partial charge is 0.241 e. The van der Waals surface area contributed by atoms with Crippen molar-refractivity contribution in [1.82, 2.24) is 4.72 Å². The lowest BCUT2D eigenvalue weighted by Crippen LogP contribution is -2.33. The highest BCUT2D eigenvalue weighted by Gasteiger charge is 2.17. The molecule has 8 heteroatoms. The van der Waals surface area contributed by atoms with Gasteiger partial charge in [-0.15, -0.1) is 0 Å². The molecule has 0 fully saturated rings. The van der Waals surface area contributed by atoms with Crippen molar-refractivity contribution >= 4 is 44.8 Å². The van der Waals surface area contributed by atoms with E-state index in [0.717, 1.165) is 11.1 Å². The van der Waals surface area contributed by atoms with Gasteiger partial charge in [0.1, 0.15) is 0 Å². The largest absolute Gasteiger partial charge is 0.325 e. The Hall–Kier alpha value is -1.60. The minimum atomic E-state index is -3.86. The fraction of sp³-hybridized carbons (Fsp3) is 0.188. The van der Waals surface area contributed by atoms with E-state index in [-0.39, 0.29) is 14.9 Å². The van der Waals surface area contributed by atoms with Crippen molar-refractivity contribution in [1.29, 1.82) is 0 Å². The number of carbonyl (C=O) groups is 1. The first-order valence-electron chi connectivity index (χ1n) is 7.01. The van der Waals surface area contributed by atoms with Gasteiger partial charge in [0.15, 0.2) is 0 Å². The highest BCUT2D eigenvalue weighted by atomic mass is 35.5. The van der Waals surface area contributed by atoms with Gasteiger partial charge in [-0.25, -0.2) is 13.1 Å². The van der Waals surface area contributed by atoms with Gasteiger partial charge in [-0.2, -0.15) is 0 Å². The fourth-order valence-corrected chi connectivity index (χ4v) is 3.41. The van der Waals surface area contributed by atoms with E-state index in [0.29, 0.717) is 5.69 Å². The van der Waals surface area contributed by atoms with Crippen LogP contribution in [0.4, 0.5) is 5.69 Å². The average Bonchev–Trinajstić information content (AvgIpc) is 2.51. The predicted molar refractivity (Wildman–Crippen MR) is 96.2 cm³/mol. The van der Waals surface area contributed by atoms with Gasteiger partial charge in [0, 0.05) is 5.69 Å². The van der Waals surface area contributed by atoms with E-state index in [2.05, 4.69) is 10.0 Å². The van der Waals surface area contributed by atoms with Crippen LogP contribution in [0.3, 0.4) is 0 Å². The summed E-state index contributed by atoms with van der Waals surface area (Å²) in [6.45, 7) is 3.42. The zero-order valence-electron chi connectivity index (χ0n) is 13.1. The molecule has 0 heterocycles. The van der Waals surface area contributed by atoms with E-state index in [1.165, 1.54) is 18.2 Å². The third-order valence-electron chi connectivity index (χ3n) is 3.28. The molecule has 0 atom stereocenters. The van der Waals surface area contributed by atoms with Crippen LogP contribution in [0.5, 0.6) is 0 Å². The standard InChI is InChI=1S/C16H16Cl2N2O3S/c1-10-3-6-15(11(2)7-10)20-16(21)9-19-24(22,23)12-4-5-13(17)14(18)8-12/h3-8,19H,9H2,1-2H3,(H,20,21). The Kier molecular flexibility index (Phi) is 5.87. The summed E-state index contributed by atoms with van der Waals surface area (Å²) >= 11 is 11.6. The Balaban J connectivity index is 2.03. The Labute approximate surface area is 151 Å². The first-order chi connectivity index (χ1) is 11.2. The molecule has 2 N–H and O–H groups in total. The summed E-state index contributed by atoms with van der Waals surface area (Å²) in [6, 6.07) is 9.50. The number of sulfonamides is 1. The van der Waals surface area contributed by atoms with E-state index in [9.17, 15) is 13.2 Å². The number of hydrogen-bond acceptors (Lipinski definition) is 3. The summed E-state index contributed by atoms with van der Waals surface area (Å²) in [7, 11) is -3.86. The van der Waals surface area contributed by atoms with Crippen LogP contribution in [0.15, 0.2) is 41.3 Å². The van der Waals surface area contributed by atoms with Gasteiger partial charge in [0.05, 0.1) is 21.5 Å². The first kappa shape index (κ1) is 18.7. The van der Waals surface area contributed by atoms with Crippen molar-refractivity contribution in [3.05, 3.63) is 57.6 Å². The molecule has 0 aliphatic heterocycles. The van der Waals surface area contributed by atoms with Crippen LogP contribution in [-0.2, 0) is 14.8 Å². The SMILES string of the molecule is Cc1ccc(NC(=O)CNS(=O)(=O)c2ccc(Cl)c(Cl)c2)c(C)c1. The number of benzene rings is 2. The molecule has 0 aliphatic carbocycles. The molecule has 2 aromatic carbocycles. The highest BCUT2D eigenvalue weighted by Crippen LogP contribution is 2.24. The van der Waals surface area contributed by atoms with Crippen LogP contribution in [0, 0.1) is 13.8 Å². The van der Waals surface area contributed by atoms with Crippen LogP contribution in [0.1, 0.15) is 11.1 Å². The summed E-state index contributed by atoms with van der Waals surface area (Å²) in [5.74, 6) is -0.467. The molecule has 1 amide bonds. The first-order valence-corrected chi connectivity index (χ1v) is 9.25. The summed E-state index contributed by atoms with van der Waals surface area (Å²) in [4.78, 5) is 11.9. The minimum absolute atomic E-state index is 0.0591. The van der Waals surface area contributed by atoms with Crippen LogP contribution in [-0.4, -0.2) is 20.9 Å². The topological polar surface area (TPSA) is 75.3 Å². The quantitative estimate of drug-likeness (QED) is 0.824. The molecule has 0 saturated heterocycles. The molecule has 0 aliphatic rings. The fourth-order valence-electron chi connectivity index (χ4n) is 2.04. The second kappa shape index (κ2) is 7.53. The van der Waals surface area contributed by atoms with Crippen molar-refractivity contribution in [2.75, 3.05) is 11.9 Å². The van der Waals surface area contributed by atoms with Gasteiger partial charge in [-0.05, 0) is 43.7 Å². The Bertz CT molecular complexity index is 883. The predicted octanol–water partition coefficient (Wildman–Crippen LogP) is 3.53. The van der Waals surface area contributed by atoms with Gasteiger partial charge in [-0.1, -0.05) is 40.9 Å². The maximum Gasteiger partial charge on any atom is 0.241 e. The molecule has 128 valence electrons. The second-order valence-electron chi connectivity index (χ2n) is 5.27. The molecule has 0 spiro atoms. The Morgan fingerprint density at radius 1 is 1.04 bits per heavy atom. The molecule has 0 radical (unpaired) electrons. The Morgan fingerprint density at radius 2 is 1.75 bits per heavy atom. The maximum atomic E-state index is 12.2. The van der Waals surface area contributed by atoms with Crippen LogP contribution in [0.25, 0.3) is 0 Å². The lowest BCUT2D eigenvalue weighted by Gasteiger charge is -2.10. The summed E-state index contributed by atoms with van der Waals surface area (Å²) < 4.78 is 26.6. The number of nitrogens with one attached hydrogen (secondary N) is 2. The molecular formula is C16H16Cl2N2O3S. The van der Waals surface area contributed by atoms with Gasteiger partial charge in [0.25, 0.3) is 0 Å². The number of anilines is 1. The molecule has 0 bridgehead atoms. The molecule has 24 heavy (non-hydrogen) atoms. The molecule has 0 saturated carbocycles. The number of aryl methyl sites for hydroxylation is 2. The van der Waals surface area contributed by atoms with Crippen molar-refractivity contribution in [2.24, 2.45) is 0 Å². The normalized spacial score (nSPS) is 11.3. The second-order valence-corrected chi connectivity index (χ2v) is 7.85. The van der Waals surface area contributed by atoms with Gasteiger partial charge < -0.3 is 5.32 Å². The average molecular weight is 387 g/mol. The van der Waals surface area contributed by atoms with Crippen LogP contribution in [0.2, 0.25) is 10.0 Å². The van der Waals surface area contributed by atoms with Crippen LogP contribution < -0.4 is 10.0 Å². The summed E-state index contributed by atoms with van der Waals surface area (Å²) in [6.07, 6.45) is 0. The molecule has 5 nitrogen and oxygen atoms in total. The minimum Gasteiger partial charge on any atom is -0.325 e. The third kappa shape index (κ3) is 4.70. The molecule has 2 rings (SSSR count). The Morgan fingerprint density at radius 3 is 2.38 bits per heavy atom. The molecule has 0 aromatic heterocycles. The lowest BCUT2D eigenvalue weighted by molar-refractivity contribution is -0.115. The maximum absolute atomic E-state index is 12.2. The monoisotopic (exact) mass is 386 g/mol. The van der Waals surface area contributed by atoms with Crippen molar-refractivity contribution in [2.45, 2.75) is 18.7 Å². The molecular weight excluding hydrogens is 371 g/mol. The summed E-state index contributed by atoms with van der Waals surface area (Å²) in [5.41, 5.74) is 2.61. The van der Waals surface area contributed by atoms with Gasteiger partial charge in [0.2, 0.25) is 15.9 Å². The van der Waals surface area contributed by atoms with E-state index in [4.69, 9.17) is 23.2 Å². The zero-order valence-corrected chi connectivity index (χ0v) is 15.4. The van der Waals surface area contributed by atoms with Crippen LogP contribution >= 0.6 is 23.2 Å². The molecule has 2 aromatic rings. The van der Waals surface area contributed by atoms with E-state index >= 15 is 0 Å². The van der Waals surface area contributed by atoms with E-state index < -0.39 is 22.5 Å². The summed E-state index contributed by atoms with van der Waals surface area (Å²) in [5, 5.41) is 3.05.